The van der Waals surface area contributed by atoms with Crippen molar-refractivity contribution in [1.82, 2.24) is 29.9 Å². The van der Waals surface area contributed by atoms with E-state index in [-0.39, 0.29) is 332 Å². The maximum atomic E-state index is 14.1. The van der Waals surface area contributed by atoms with Gasteiger partial charge < -0.3 is 48.6 Å². The Kier molecular flexibility index (Phi) is 33.4. The van der Waals surface area contributed by atoms with Gasteiger partial charge in [-0.3, -0.25) is 20.4 Å². The SMILES string of the molecule is O=C1/C(=N/Nc2ccccc2S(=O)(=O)[O-])C(S(=O)(=O)[O-])=Cc2cc(S(=O)(=O)[O-])cc(Nc3nc(Cl)nc(Nc4ccc(Nc5nc(Cl)nc(Nc6cc(S(=O)(=O)[O-])cc7c6C(=O)/C(=N/Nc6ccccc6S(=O)(=O)[O-])C(S(=O)(=O)[O-])=C7)n5)cc4)n3)c21.[K+].[K+].[K+].[K+].[K+].[K+]. The average molecular weight is 1570 g/mol. The third-order valence-electron chi connectivity index (χ3n) is 11.3. The first-order valence-corrected chi connectivity index (χ1v) is 31.7. The third kappa shape index (κ3) is 22.0. The molecule has 0 atom stereocenters. The minimum atomic E-state index is -5.68. The number of carbonyl (C=O) groups is 2. The van der Waals surface area contributed by atoms with Crippen molar-refractivity contribution in [2.24, 2.45) is 10.2 Å². The molecule has 48 heteroatoms. The van der Waals surface area contributed by atoms with Crippen LogP contribution in [0.5, 0.6) is 0 Å². The van der Waals surface area contributed by atoms with Crippen LogP contribution in [0.25, 0.3) is 12.2 Å². The summed E-state index contributed by atoms with van der Waals surface area (Å²) in [4.78, 5) is 45.6. The summed E-state index contributed by atoms with van der Waals surface area (Å²) in [6, 6.07) is 16.5. The molecule has 34 nitrogen and oxygen atoms in total. The smallest absolute Gasteiger partial charge is 0.744 e. The minimum absolute atomic E-state index is 0. The first-order valence-electron chi connectivity index (χ1n) is 22.5. The van der Waals surface area contributed by atoms with Gasteiger partial charge in [0.25, 0.3) is 0 Å². The van der Waals surface area contributed by atoms with E-state index in [2.05, 4.69) is 72.2 Å². The molecule has 2 aliphatic carbocycles. The summed E-state index contributed by atoms with van der Waals surface area (Å²) >= 11 is 12.4. The number of carbonyl (C=O) groups excluding carboxylic acids is 2. The fourth-order valence-corrected chi connectivity index (χ4v) is 11.7. The van der Waals surface area contributed by atoms with E-state index in [0.717, 1.165) is 36.4 Å². The molecule has 6 N–H and O–H groups in total. The molecule has 0 saturated carbocycles. The number of nitrogens with zero attached hydrogens (tertiary/aromatic N) is 8. The molecule has 0 spiro atoms. The van der Waals surface area contributed by atoms with Crippen LogP contribution in [0.1, 0.15) is 31.8 Å². The van der Waals surface area contributed by atoms with Gasteiger partial charge in [-0.15, -0.1) is 0 Å². The van der Waals surface area contributed by atoms with Gasteiger partial charge in [0.2, 0.25) is 45.9 Å². The number of benzene rings is 5. The maximum absolute atomic E-state index is 14.1. The molecule has 2 aromatic heterocycles. The number of hydrogen-bond donors (Lipinski definition) is 6. The topological polar surface area (TPSA) is 552 Å². The van der Waals surface area contributed by atoms with E-state index in [4.69, 9.17) is 23.2 Å². The second-order valence-corrected chi connectivity index (χ2v) is 25.8. The van der Waals surface area contributed by atoms with Gasteiger partial charge in [-0.25, -0.2) is 50.5 Å². The number of aromatic nitrogens is 6. The number of para-hydroxylation sites is 2. The van der Waals surface area contributed by atoms with Crippen LogP contribution in [0.4, 0.5) is 57.9 Å². The van der Waals surface area contributed by atoms with Crippen LogP contribution in [0, 0.1) is 0 Å². The van der Waals surface area contributed by atoms with Crippen LogP contribution in [-0.4, -0.2) is 131 Å². The average Bonchev–Trinajstić information content (AvgIpc) is 0.758. The Morgan fingerprint density at radius 1 is 0.370 bits per heavy atom. The monoisotopic (exact) mass is 1560 g/mol. The fraction of sp³-hybridized carbons (Fsp3) is 0. The second kappa shape index (κ2) is 35.2. The number of hydrogen-bond acceptors (Lipinski definition) is 34. The molecule has 0 unspecified atom stereocenters. The summed E-state index contributed by atoms with van der Waals surface area (Å²) in [6.45, 7) is 0. The zero-order chi connectivity index (χ0) is 62.6. The molecule has 9 rings (SSSR count). The van der Waals surface area contributed by atoms with Gasteiger partial charge in [0.15, 0.2) is 0 Å². The number of ketones is 2. The molecule has 0 radical (unpaired) electrons. The van der Waals surface area contributed by atoms with E-state index >= 15 is 0 Å². The van der Waals surface area contributed by atoms with Crippen molar-refractivity contribution in [3.63, 3.8) is 0 Å². The Hall–Kier alpha value is 0.938. The van der Waals surface area contributed by atoms with Gasteiger partial charge >= 0.3 is 308 Å². The van der Waals surface area contributed by atoms with Crippen molar-refractivity contribution in [2.75, 3.05) is 32.1 Å². The summed E-state index contributed by atoms with van der Waals surface area (Å²) in [5.41, 5.74) is -2.73. The molecular weight excluding hydrogens is 1540 g/mol. The Morgan fingerprint density at radius 3 is 0.967 bits per heavy atom. The summed E-state index contributed by atoms with van der Waals surface area (Å²) in [5.74, 6) is -4.72. The molecule has 0 amide bonds. The predicted molar refractivity (Wildman–Crippen MR) is 293 cm³/mol. The number of anilines is 10. The van der Waals surface area contributed by atoms with Gasteiger partial charge in [0.05, 0.1) is 63.3 Å². The predicted octanol–water partition coefficient (Wildman–Crippen LogP) is -14.9. The first kappa shape index (κ1) is 87.2. The number of nitrogens with one attached hydrogen (secondary N) is 6. The molecule has 5 aromatic carbocycles. The number of hydrazone groups is 2. The van der Waals surface area contributed by atoms with Crippen LogP contribution in [0.2, 0.25) is 10.6 Å². The van der Waals surface area contributed by atoms with E-state index in [1.807, 2.05) is 0 Å². The molecule has 0 bridgehead atoms. The van der Waals surface area contributed by atoms with Gasteiger partial charge in [-0.1, -0.05) is 24.3 Å². The molecule has 446 valence electrons. The maximum Gasteiger partial charge on any atom is 1.00 e. The van der Waals surface area contributed by atoms with Crippen molar-refractivity contribution >= 4 is 177 Å². The van der Waals surface area contributed by atoms with E-state index in [9.17, 15) is 87.4 Å². The zero-order valence-corrected chi connectivity index (χ0v) is 72.5. The molecule has 2 aliphatic rings. The van der Waals surface area contributed by atoms with E-state index in [0.29, 0.717) is 36.4 Å². The first-order chi connectivity index (χ1) is 40.0. The van der Waals surface area contributed by atoms with Crippen molar-refractivity contribution in [1.29, 1.82) is 0 Å². The van der Waals surface area contributed by atoms with Crippen LogP contribution in [-0.2, 0) is 60.7 Å². The van der Waals surface area contributed by atoms with E-state index < -0.39 is 181 Å². The Bertz CT molecular complexity index is 4690. The normalized spacial score (nSPS) is 13.9. The van der Waals surface area contributed by atoms with E-state index in [1.54, 1.807) is 0 Å². The summed E-state index contributed by atoms with van der Waals surface area (Å²) < 4.78 is 220. The van der Waals surface area contributed by atoms with Gasteiger partial charge in [0.1, 0.15) is 72.1 Å². The molecule has 0 aliphatic heterocycles. The number of Topliss-reactive ketones (excluding diaryl/α,β-unsaturated/α-hetero) is 2. The largest absolute Gasteiger partial charge is 1.00 e. The Balaban J connectivity index is 0.00000368. The fourth-order valence-electron chi connectivity index (χ4n) is 7.81. The number of rotatable bonds is 18. The van der Waals surface area contributed by atoms with Crippen LogP contribution in [0.15, 0.2) is 137 Å². The van der Waals surface area contributed by atoms with Crippen molar-refractivity contribution in [3.05, 3.63) is 140 Å². The summed E-state index contributed by atoms with van der Waals surface area (Å²) in [7, 11) is -32.6. The molecular formula is C44H24Cl2K6N14O20S6. The summed E-state index contributed by atoms with van der Waals surface area (Å²) in [5, 5.41) is 16.7. The van der Waals surface area contributed by atoms with Crippen LogP contribution >= 0.6 is 23.2 Å². The number of allylic oxidation sites excluding steroid dienone is 2. The van der Waals surface area contributed by atoms with Gasteiger partial charge in [0, 0.05) is 11.4 Å². The standard InChI is InChI=1S/C44H30Cl2N14O20S6.6K/c45-39-51-41(55-43(53-39)49-27-17-23(81(63,64)65)13-19-15-31(85(75,76)77)35(37(61)33(19)27)59-57-25-5-1-3-7-29(25)83(69,70)71)47-21-9-11-22(12-10-21)48-42-52-40(46)54-44(56-42)50-28-18-24(82(66,67)68)14-20-16-32(86(78,79)80)36(38(62)34(20)28)60-58-26-6-2-4-8-30(26)84(72,73)74;;;;;;/h1-18,57-58H,(H,63,64,65)(H,66,67,68)(H,69,70,71)(H,72,73,74)(H,75,76,77)(H,78,79,80)(H2,47,49,51,53,55)(H2,48,50,52,54,56);;;;;;/q;6*+1/p-6/b59-35+,60-36+;;;;;;. The second-order valence-electron chi connectivity index (χ2n) is 17.0. The van der Waals surface area contributed by atoms with Gasteiger partial charge in [-0.05, 0) is 119 Å². The molecule has 7 aromatic rings. The zero-order valence-electron chi connectivity index (χ0n) is 47.3. The minimum Gasteiger partial charge on any atom is -0.744 e. The number of halogens is 2. The Labute approximate surface area is 786 Å². The quantitative estimate of drug-likeness (QED) is 0.0264. The molecule has 0 saturated heterocycles. The molecule has 0 fully saturated rings. The van der Waals surface area contributed by atoms with E-state index in [1.165, 1.54) is 36.4 Å². The molecule has 2 heterocycles. The van der Waals surface area contributed by atoms with Crippen molar-refractivity contribution in [3.8, 4) is 0 Å². The molecule has 92 heavy (non-hydrogen) atoms. The van der Waals surface area contributed by atoms with Crippen molar-refractivity contribution < 1.29 is 396 Å². The van der Waals surface area contributed by atoms with Crippen LogP contribution in [0.3, 0.4) is 0 Å². The Morgan fingerprint density at radius 2 is 0.674 bits per heavy atom. The van der Waals surface area contributed by atoms with Crippen LogP contribution < -0.4 is 340 Å². The number of fused-ring (bicyclic) bond motifs is 2. The summed E-state index contributed by atoms with van der Waals surface area (Å²) in [6.07, 6.45) is 1.01. The third-order valence-corrected chi connectivity index (χ3v) is 16.8. The van der Waals surface area contributed by atoms with Gasteiger partial charge in [-0.2, -0.15) is 40.1 Å². The van der Waals surface area contributed by atoms with Crippen molar-refractivity contribution in [2.45, 2.75) is 19.6 Å².